The van der Waals surface area contributed by atoms with Gasteiger partial charge < -0.3 is 14.6 Å². The average Bonchev–Trinajstić information content (AvgIpc) is 3.00. The van der Waals surface area contributed by atoms with Gasteiger partial charge in [0.25, 0.3) is 5.91 Å². The van der Waals surface area contributed by atoms with E-state index in [4.69, 9.17) is 4.42 Å². The van der Waals surface area contributed by atoms with Gasteiger partial charge in [-0.25, -0.2) is 0 Å². The van der Waals surface area contributed by atoms with Gasteiger partial charge in [0.1, 0.15) is 0 Å². The monoisotopic (exact) mass is 292 g/mol. The molecule has 1 fully saturated rings. The second-order valence-electron chi connectivity index (χ2n) is 6.27. The van der Waals surface area contributed by atoms with Crippen LogP contribution in [0.15, 0.2) is 22.8 Å². The van der Waals surface area contributed by atoms with E-state index in [-0.39, 0.29) is 23.3 Å². The van der Waals surface area contributed by atoms with Gasteiger partial charge in [0.15, 0.2) is 5.76 Å². The van der Waals surface area contributed by atoms with Crippen LogP contribution >= 0.6 is 0 Å². The van der Waals surface area contributed by atoms with E-state index in [1.54, 1.807) is 17.0 Å². The molecular weight excluding hydrogens is 268 g/mol. The van der Waals surface area contributed by atoms with Gasteiger partial charge in [-0.3, -0.25) is 9.59 Å². The van der Waals surface area contributed by atoms with Crippen LogP contribution in [0.1, 0.15) is 50.6 Å². The third kappa shape index (κ3) is 3.86. The first-order chi connectivity index (χ1) is 9.93. The van der Waals surface area contributed by atoms with E-state index < -0.39 is 0 Å². The molecule has 1 saturated heterocycles. The lowest BCUT2D eigenvalue weighted by molar-refractivity contribution is -0.128. The normalized spacial score (nSPS) is 16.8. The molecule has 0 atom stereocenters. The van der Waals surface area contributed by atoms with Crippen molar-refractivity contribution in [3.8, 4) is 0 Å². The molecule has 2 rings (SSSR count). The number of hydrogen-bond acceptors (Lipinski definition) is 3. The number of likely N-dealkylation sites (tertiary alicyclic amines) is 1. The Morgan fingerprint density at radius 1 is 1.38 bits per heavy atom. The van der Waals surface area contributed by atoms with E-state index in [0.717, 1.165) is 6.42 Å². The van der Waals surface area contributed by atoms with Gasteiger partial charge in [-0.2, -0.15) is 0 Å². The number of furan rings is 1. The van der Waals surface area contributed by atoms with Crippen molar-refractivity contribution in [1.29, 1.82) is 0 Å². The van der Waals surface area contributed by atoms with Gasteiger partial charge in [-0.05, 0) is 45.2 Å². The van der Waals surface area contributed by atoms with Gasteiger partial charge in [-0.15, -0.1) is 0 Å². The summed E-state index contributed by atoms with van der Waals surface area (Å²) in [6, 6.07) is 3.38. The molecule has 5 heteroatoms. The highest BCUT2D eigenvalue weighted by Gasteiger charge is 2.30. The predicted molar refractivity (Wildman–Crippen MR) is 79.8 cm³/mol. The summed E-state index contributed by atoms with van der Waals surface area (Å²) in [5.41, 5.74) is -0.168. The fourth-order valence-corrected chi connectivity index (χ4v) is 2.42. The van der Waals surface area contributed by atoms with Gasteiger partial charge in [-0.1, -0.05) is 6.92 Å². The fraction of sp³-hybridized carbons (Fsp3) is 0.625. The minimum absolute atomic E-state index is 0.00326. The van der Waals surface area contributed by atoms with Gasteiger partial charge >= 0.3 is 0 Å². The molecule has 21 heavy (non-hydrogen) atoms. The smallest absolute Gasteiger partial charge is 0.289 e. The van der Waals surface area contributed by atoms with Crippen molar-refractivity contribution in [1.82, 2.24) is 10.2 Å². The van der Waals surface area contributed by atoms with Crippen LogP contribution < -0.4 is 5.32 Å². The van der Waals surface area contributed by atoms with Crippen LogP contribution in [-0.4, -0.2) is 35.3 Å². The van der Waals surface area contributed by atoms with Crippen molar-refractivity contribution < 1.29 is 14.0 Å². The number of nitrogens with one attached hydrogen (secondary N) is 1. The quantitative estimate of drug-likeness (QED) is 0.927. The van der Waals surface area contributed by atoms with Crippen molar-refractivity contribution in [2.24, 2.45) is 5.92 Å². The SMILES string of the molecule is CCC(C)(C)NC(=O)C1CCN(C(=O)c2ccco2)CC1. The first-order valence-corrected chi connectivity index (χ1v) is 7.58. The van der Waals surface area contributed by atoms with Crippen LogP contribution in [0.4, 0.5) is 0 Å². The van der Waals surface area contributed by atoms with Crippen molar-refractivity contribution in [3.63, 3.8) is 0 Å². The number of carbonyl (C=O) groups excluding carboxylic acids is 2. The highest BCUT2D eigenvalue weighted by molar-refractivity contribution is 5.91. The van der Waals surface area contributed by atoms with Gasteiger partial charge in [0.05, 0.1) is 6.26 Å². The summed E-state index contributed by atoms with van der Waals surface area (Å²) in [6.07, 6.45) is 3.81. The third-order valence-corrected chi connectivity index (χ3v) is 4.23. The lowest BCUT2D eigenvalue weighted by atomic mass is 9.93. The molecule has 116 valence electrons. The largest absolute Gasteiger partial charge is 0.459 e. The zero-order valence-corrected chi connectivity index (χ0v) is 13.0. The Hall–Kier alpha value is -1.78. The summed E-state index contributed by atoms with van der Waals surface area (Å²) in [5, 5.41) is 3.09. The molecule has 1 N–H and O–H groups in total. The molecule has 0 aromatic carbocycles. The summed E-state index contributed by atoms with van der Waals surface area (Å²) in [6.45, 7) is 7.32. The van der Waals surface area contributed by atoms with E-state index in [9.17, 15) is 9.59 Å². The molecule has 1 aromatic heterocycles. The van der Waals surface area contributed by atoms with Crippen LogP contribution in [0.3, 0.4) is 0 Å². The topological polar surface area (TPSA) is 62.6 Å². The number of nitrogens with zero attached hydrogens (tertiary/aromatic N) is 1. The molecule has 1 aliphatic rings. The Labute approximate surface area is 125 Å². The van der Waals surface area contributed by atoms with E-state index in [0.29, 0.717) is 31.7 Å². The van der Waals surface area contributed by atoms with Crippen LogP contribution in [0.25, 0.3) is 0 Å². The van der Waals surface area contributed by atoms with E-state index >= 15 is 0 Å². The summed E-state index contributed by atoms with van der Waals surface area (Å²) in [7, 11) is 0. The molecule has 1 aliphatic heterocycles. The second-order valence-corrected chi connectivity index (χ2v) is 6.27. The summed E-state index contributed by atoms with van der Waals surface area (Å²) in [5.74, 6) is 0.376. The molecule has 2 heterocycles. The highest BCUT2D eigenvalue weighted by atomic mass is 16.3. The number of amides is 2. The van der Waals surface area contributed by atoms with E-state index in [1.165, 1.54) is 6.26 Å². The minimum Gasteiger partial charge on any atom is -0.459 e. The Balaban J connectivity index is 1.86. The minimum atomic E-state index is -0.168. The Bertz CT molecular complexity index is 486. The van der Waals surface area contributed by atoms with Gasteiger partial charge in [0.2, 0.25) is 5.91 Å². The zero-order valence-electron chi connectivity index (χ0n) is 13.0. The molecule has 0 spiro atoms. The van der Waals surface area contributed by atoms with Crippen molar-refractivity contribution in [2.45, 2.75) is 45.6 Å². The highest BCUT2D eigenvalue weighted by Crippen LogP contribution is 2.21. The van der Waals surface area contributed by atoms with Crippen molar-refractivity contribution >= 4 is 11.8 Å². The van der Waals surface area contributed by atoms with Crippen molar-refractivity contribution in [2.75, 3.05) is 13.1 Å². The number of rotatable bonds is 4. The molecule has 2 amide bonds. The molecular formula is C16H24N2O3. The third-order valence-electron chi connectivity index (χ3n) is 4.23. The standard InChI is InChI=1S/C16H24N2O3/c1-4-16(2,3)17-14(19)12-7-9-18(10-8-12)15(20)13-6-5-11-21-13/h5-6,11-12H,4,7-10H2,1-3H3,(H,17,19). The lowest BCUT2D eigenvalue weighted by Crippen LogP contribution is -2.48. The maximum Gasteiger partial charge on any atom is 0.289 e. The maximum atomic E-state index is 12.2. The number of hydrogen-bond donors (Lipinski definition) is 1. The average molecular weight is 292 g/mol. The maximum absolute atomic E-state index is 12.2. The van der Waals surface area contributed by atoms with Crippen LogP contribution in [0.2, 0.25) is 0 Å². The summed E-state index contributed by atoms with van der Waals surface area (Å²) >= 11 is 0. The zero-order chi connectivity index (χ0) is 15.5. The second kappa shape index (κ2) is 6.33. The van der Waals surface area contributed by atoms with Crippen molar-refractivity contribution in [3.05, 3.63) is 24.2 Å². The Morgan fingerprint density at radius 3 is 2.57 bits per heavy atom. The molecule has 0 aliphatic carbocycles. The van der Waals surface area contributed by atoms with Crippen LogP contribution in [-0.2, 0) is 4.79 Å². The summed E-state index contributed by atoms with van der Waals surface area (Å²) in [4.78, 5) is 26.1. The molecule has 5 nitrogen and oxygen atoms in total. The Kier molecular flexibility index (Phi) is 4.70. The first kappa shape index (κ1) is 15.6. The summed E-state index contributed by atoms with van der Waals surface area (Å²) < 4.78 is 5.13. The van der Waals surface area contributed by atoms with Gasteiger partial charge in [0, 0.05) is 24.5 Å². The molecule has 0 radical (unpaired) electrons. The lowest BCUT2D eigenvalue weighted by Gasteiger charge is -2.33. The van der Waals surface area contributed by atoms with E-state index in [1.807, 2.05) is 13.8 Å². The molecule has 0 unspecified atom stereocenters. The van der Waals surface area contributed by atoms with E-state index in [2.05, 4.69) is 12.2 Å². The number of carbonyl (C=O) groups is 2. The van der Waals surface area contributed by atoms with Crippen LogP contribution in [0.5, 0.6) is 0 Å². The first-order valence-electron chi connectivity index (χ1n) is 7.58. The fourth-order valence-electron chi connectivity index (χ4n) is 2.42. The number of piperidine rings is 1. The Morgan fingerprint density at radius 2 is 2.05 bits per heavy atom. The molecule has 1 aromatic rings. The molecule has 0 bridgehead atoms. The predicted octanol–water partition coefficient (Wildman–Crippen LogP) is 2.44. The van der Waals surface area contributed by atoms with Crippen LogP contribution in [0, 0.1) is 5.92 Å². The molecule has 0 saturated carbocycles.